The van der Waals surface area contributed by atoms with Gasteiger partial charge < -0.3 is 10.4 Å². The Kier molecular flexibility index (Phi) is 3.31. The van der Waals surface area contributed by atoms with E-state index in [0.717, 1.165) is 25.9 Å². The van der Waals surface area contributed by atoms with Gasteiger partial charge in [0.15, 0.2) is 0 Å². The van der Waals surface area contributed by atoms with Gasteiger partial charge in [0, 0.05) is 12.5 Å². The van der Waals surface area contributed by atoms with Gasteiger partial charge in [-0.05, 0) is 35.7 Å². The van der Waals surface area contributed by atoms with Gasteiger partial charge in [-0.15, -0.1) is 0 Å². The van der Waals surface area contributed by atoms with Crippen LogP contribution < -0.4 is 5.32 Å². The summed E-state index contributed by atoms with van der Waals surface area (Å²) in [5, 5.41) is 16.0. The quantitative estimate of drug-likeness (QED) is 0.846. The van der Waals surface area contributed by atoms with Crippen molar-refractivity contribution in [1.82, 2.24) is 5.32 Å². The van der Waals surface area contributed by atoms with Gasteiger partial charge in [0.05, 0.1) is 6.10 Å². The lowest BCUT2D eigenvalue weighted by molar-refractivity contribution is 0.0793. The second-order valence-corrected chi connectivity index (χ2v) is 5.16. The predicted molar refractivity (Wildman–Crippen MR) is 74.6 cm³/mol. The van der Waals surface area contributed by atoms with E-state index in [-0.39, 0.29) is 6.10 Å². The molecule has 1 heterocycles. The standard InChI is InChI=1S/C16H19NO/c18-16-8-9-17-11-14(16)10-13-6-3-5-12-4-1-2-7-15(12)13/h1-7,14,16-18H,8-11H2. The molecule has 0 aromatic heterocycles. The highest BCUT2D eigenvalue weighted by Gasteiger charge is 2.23. The van der Waals surface area contributed by atoms with Crippen LogP contribution in [0.15, 0.2) is 42.5 Å². The lowest BCUT2D eigenvalue weighted by atomic mass is 9.88. The highest BCUT2D eigenvalue weighted by atomic mass is 16.3. The molecule has 0 bridgehead atoms. The molecule has 1 fully saturated rings. The molecule has 1 aliphatic rings. The zero-order valence-corrected chi connectivity index (χ0v) is 10.5. The van der Waals surface area contributed by atoms with Crippen molar-refractivity contribution in [3.8, 4) is 0 Å². The van der Waals surface area contributed by atoms with Crippen LogP contribution in [-0.2, 0) is 6.42 Å². The monoisotopic (exact) mass is 241 g/mol. The third kappa shape index (κ3) is 2.26. The van der Waals surface area contributed by atoms with Crippen LogP contribution in [0.2, 0.25) is 0 Å². The van der Waals surface area contributed by atoms with Gasteiger partial charge >= 0.3 is 0 Å². The summed E-state index contributed by atoms with van der Waals surface area (Å²) in [6, 6.07) is 14.9. The van der Waals surface area contributed by atoms with Crippen molar-refractivity contribution in [2.24, 2.45) is 5.92 Å². The summed E-state index contributed by atoms with van der Waals surface area (Å²) in [6.45, 7) is 1.86. The lowest BCUT2D eigenvalue weighted by Gasteiger charge is -2.28. The minimum atomic E-state index is -0.162. The maximum absolute atomic E-state index is 10.1. The Labute approximate surface area is 108 Å². The second-order valence-electron chi connectivity index (χ2n) is 5.16. The Bertz CT molecular complexity index is 532. The Morgan fingerprint density at radius 1 is 1.11 bits per heavy atom. The molecule has 0 aliphatic carbocycles. The zero-order valence-electron chi connectivity index (χ0n) is 10.5. The summed E-state index contributed by atoms with van der Waals surface area (Å²) in [5.74, 6) is 0.338. The first kappa shape index (κ1) is 11.7. The Morgan fingerprint density at radius 2 is 1.94 bits per heavy atom. The van der Waals surface area contributed by atoms with E-state index < -0.39 is 0 Å². The molecule has 2 aromatic carbocycles. The second kappa shape index (κ2) is 5.09. The molecule has 2 heteroatoms. The number of aliphatic hydroxyl groups excluding tert-OH is 1. The van der Waals surface area contributed by atoms with Crippen molar-refractivity contribution < 1.29 is 5.11 Å². The third-order valence-electron chi connectivity index (χ3n) is 3.93. The van der Waals surface area contributed by atoms with Crippen LogP contribution in [0.3, 0.4) is 0 Å². The summed E-state index contributed by atoms with van der Waals surface area (Å²) < 4.78 is 0. The SMILES string of the molecule is OC1CCNCC1Cc1cccc2ccccc12. The number of piperidine rings is 1. The molecule has 2 unspecified atom stereocenters. The van der Waals surface area contributed by atoms with E-state index in [1.54, 1.807) is 0 Å². The van der Waals surface area contributed by atoms with Crippen molar-refractivity contribution in [1.29, 1.82) is 0 Å². The molecule has 2 atom stereocenters. The maximum atomic E-state index is 10.1. The minimum absolute atomic E-state index is 0.162. The molecule has 3 rings (SSSR count). The normalized spacial score (nSPS) is 24.3. The summed E-state index contributed by atoms with van der Waals surface area (Å²) in [6.07, 6.45) is 1.66. The predicted octanol–water partition coefficient (Wildman–Crippen LogP) is 2.35. The van der Waals surface area contributed by atoms with Gasteiger partial charge in [-0.1, -0.05) is 42.5 Å². The van der Waals surface area contributed by atoms with Gasteiger partial charge in [0.2, 0.25) is 0 Å². The molecule has 18 heavy (non-hydrogen) atoms. The van der Waals surface area contributed by atoms with Crippen molar-refractivity contribution in [2.45, 2.75) is 18.9 Å². The first-order valence-electron chi connectivity index (χ1n) is 6.70. The number of fused-ring (bicyclic) bond motifs is 1. The molecule has 0 spiro atoms. The minimum Gasteiger partial charge on any atom is -0.393 e. The smallest absolute Gasteiger partial charge is 0.0595 e. The molecular formula is C16H19NO. The van der Waals surface area contributed by atoms with E-state index in [0.29, 0.717) is 5.92 Å². The van der Waals surface area contributed by atoms with Gasteiger partial charge in [-0.25, -0.2) is 0 Å². The number of rotatable bonds is 2. The van der Waals surface area contributed by atoms with E-state index in [1.807, 2.05) is 0 Å². The average molecular weight is 241 g/mol. The van der Waals surface area contributed by atoms with E-state index in [2.05, 4.69) is 47.8 Å². The van der Waals surface area contributed by atoms with Gasteiger partial charge in [0.25, 0.3) is 0 Å². The lowest BCUT2D eigenvalue weighted by Crippen LogP contribution is -2.40. The Morgan fingerprint density at radius 3 is 2.83 bits per heavy atom. The van der Waals surface area contributed by atoms with Crippen LogP contribution in [0.1, 0.15) is 12.0 Å². The molecule has 0 amide bonds. The largest absolute Gasteiger partial charge is 0.393 e. The van der Waals surface area contributed by atoms with Crippen LogP contribution in [0.5, 0.6) is 0 Å². The summed E-state index contributed by atoms with van der Waals surface area (Å²) in [7, 11) is 0. The fourth-order valence-electron chi connectivity index (χ4n) is 2.87. The fraction of sp³-hybridized carbons (Fsp3) is 0.375. The van der Waals surface area contributed by atoms with Crippen molar-refractivity contribution in [3.63, 3.8) is 0 Å². The first-order chi connectivity index (χ1) is 8.84. The molecule has 2 N–H and O–H groups in total. The summed E-state index contributed by atoms with van der Waals surface area (Å²) >= 11 is 0. The molecule has 1 saturated heterocycles. The van der Waals surface area contributed by atoms with Gasteiger partial charge in [0.1, 0.15) is 0 Å². The van der Waals surface area contributed by atoms with Crippen LogP contribution in [0.4, 0.5) is 0 Å². The number of hydrogen-bond acceptors (Lipinski definition) is 2. The van der Waals surface area contributed by atoms with E-state index in [9.17, 15) is 5.11 Å². The summed E-state index contributed by atoms with van der Waals surface area (Å²) in [5.41, 5.74) is 1.35. The number of nitrogens with one attached hydrogen (secondary N) is 1. The molecule has 1 aliphatic heterocycles. The first-order valence-corrected chi connectivity index (χ1v) is 6.70. The number of aliphatic hydroxyl groups is 1. The highest BCUT2D eigenvalue weighted by Crippen LogP contribution is 2.23. The molecule has 0 radical (unpaired) electrons. The van der Waals surface area contributed by atoms with Crippen LogP contribution in [0.25, 0.3) is 10.8 Å². The van der Waals surface area contributed by atoms with Gasteiger partial charge in [-0.3, -0.25) is 0 Å². The molecule has 94 valence electrons. The number of hydrogen-bond donors (Lipinski definition) is 2. The van der Waals surface area contributed by atoms with E-state index in [4.69, 9.17) is 0 Å². The Hall–Kier alpha value is -1.38. The fourth-order valence-corrected chi connectivity index (χ4v) is 2.87. The van der Waals surface area contributed by atoms with Crippen molar-refractivity contribution in [2.75, 3.05) is 13.1 Å². The molecule has 0 saturated carbocycles. The van der Waals surface area contributed by atoms with E-state index in [1.165, 1.54) is 16.3 Å². The summed E-state index contributed by atoms with van der Waals surface area (Å²) in [4.78, 5) is 0. The average Bonchev–Trinajstić information content (AvgIpc) is 2.42. The molecular weight excluding hydrogens is 222 g/mol. The maximum Gasteiger partial charge on any atom is 0.0595 e. The number of benzene rings is 2. The van der Waals surface area contributed by atoms with Crippen LogP contribution in [0, 0.1) is 5.92 Å². The van der Waals surface area contributed by atoms with Crippen molar-refractivity contribution >= 4 is 10.8 Å². The van der Waals surface area contributed by atoms with Crippen LogP contribution >= 0.6 is 0 Å². The zero-order chi connectivity index (χ0) is 12.4. The Balaban J connectivity index is 1.90. The topological polar surface area (TPSA) is 32.3 Å². The van der Waals surface area contributed by atoms with E-state index >= 15 is 0 Å². The van der Waals surface area contributed by atoms with Crippen molar-refractivity contribution in [3.05, 3.63) is 48.0 Å². The molecule has 2 nitrogen and oxygen atoms in total. The molecule has 2 aromatic rings. The third-order valence-corrected chi connectivity index (χ3v) is 3.93. The van der Waals surface area contributed by atoms with Gasteiger partial charge in [-0.2, -0.15) is 0 Å². The van der Waals surface area contributed by atoms with Crippen LogP contribution in [-0.4, -0.2) is 24.3 Å². The highest BCUT2D eigenvalue weighted by molar-refractivity contribution is 5.85.